The number of hydrogen-bond acceptors (Lipinski definition) is 3. The van der Waals surface area contributed by atoms with E-state index in [0.29, 0.717) is 0 Å². The number of anilines is 2. The largest absolute Gasteiger partial charge is 0.329 e. The van der Waals surface area contributed by atoms with Gasteiger partial charge in [-0.3, -0.25) is 0 Å². The maximum Gasteiger partial charge on any atom is 0.137 e. The van der Waals surface area contributed by atoms with E-state index in [2.05, 4.69) is 82.4 Å². The molecule has 20 heavy (non-hydrogen) atoms. The van der Waals surface area contributed by atoms with Crippen molar-refractivity contribution in [2.75, 3.05) is 18.5 Å². The maximum absolute atomic E-state index is 4.58. The quantitative estimate of drug-likeness (QED) is 0.895. The molecule has 0 saturated carbocycles. The fourth-order valence-corrected chi connectivity index (χ4v) is 2.50. The van der Waals surface area contributed by atoms with Gasteiger partial charge < -0.3 is 10.2 Å². The van der Waals surface area contributed by atoms with Crippen molar-refractivity contribution in [3.63, 3.8) is 0 Å². The molecule has 106 valence electrons. The van der Waals surface area contributed by atoms with Crippen molar-refractivity contribution in [3.8, 4) is 0 Å². The minimum Gasteiger partial charge on any atom is -0.329 e. The number of aromatic nitrogens is 1. The second-order valence-corrected chi connectivity index (χ2v) is 5.73. The lowest BCUT2D eigenvalue weighted by Crippen LogP contribution is -2.18. The molecule has 1 heterocycles. The summed E-state index contributed by atoms with van der Waals surface area (Å²) in [5, 5.41) is 3.36. The van der Waals surface area contributed by atoms with Crippen LogP contribution >= 0.6 is 15.9 Å². The molecule has 4 heteroatoms. The highest BCUT2D eigenvalue weighted by atomic mass is 79.9. The first-order valence-electron chi connectivity index (χ1n) is 6.77. The van der Waals surface area contributed by atoms with E-state index in [0.717, 1.165) is 29.1 Å². The highest BCUT2D eigenvalue weighted by Crippen LogP contribution is 2.27. The summed E-state index contributed by atoms with van der Waals surface area (Å²) in [6.07, 6.45) is 1.84. The van der Waals surface area contributed by atoms with Gasteiger partial charge in [-0.1, -0.05) is 19.1 Å². The van der Waals surface area contributed by atoms with Gasteiger partial charge in [0, 0.05) is 35.5 Å². The fourth-order valence-electron chi connectivity index (χ4n) is 2.12. The van der Waals surface area contributed by atoms with Gasteiger partial charge in [-0.2, -0.15) is 0 Å². The van der Waals surface area contributed by atoms with Gasteiger partial charge in [0.2, 0.25) is 0 Å². The van der Waals surface area contributed by atoms with Gasteiger partial charge in [0.1, 0.15) is 5.82 Å². The van der Waals surface area contributed by atoms with Crippen LogP contribution in [0.2, 0.25) is 0 Å². The van der Waals surface area contributed by atoms with E-state index >= 15 is 0 Å². The van der Waals surface area contributed by atoms with Crippen molar-refractivity contribution < 1.29 is 0 Å². The zero-order valence-corrected chi connectivity index (χ0v) is 13.7. The van der Waals surface area contributed by atoms with E-state index < -0.39 is 0 Å². The van der Waals surface area contributed by atoms with Crippen LogP contribution in [0, 0.1) is 6.92 Å². The summed E-state index contributed by atoms with van der Waals surface area (Å²) < 4.78 is 1.01. The molecule has 0 amide bonds. The van der Waals surface area contributed by atoms with Crippen LogP contribution in [0.1, 0.15) is 18.1 Å². The van der Waals surface area contributed by atoms with Gasteiger partial charge in [0.25, 0.3) is 0 Å². The van der Waals surface area contributed by atoms with Crippen molar-refractivity contribution in [3.05, 3.63) is 52.1 Å². The van der Waals surface area contributed by atoms with Gasteiger partial charge in [0.05, 0.1) is 0 Å². The lowest BCUT2D eigenvalue weighted by molar-refractivity contribution is 0.723. The third kappa shape index (κ3) is 3.58. The van der Waals surface area contributed by atoms with Crippen molar-refractivity contribution in [2.24, 2.45) is 0 Å². The average Bonchev–Trinajstić information content (AvgIpc) is 2.44. The summed E-state index contributed by atoms with van der Waals surface area (Å²) in [5.74, 6) is 0.986. The molecule has 2 aromatic rings. The van der Waals surface area contributed by atoms with Crippen molar-refractivity contribution in [2.45, 2.75) is 20.4 Å². The molecule has 0 atom stereocenters. The minimum atomic E-state index is 0.814. The fraction of sp³-hybridized carbons (Fsp3) is 0.312. The molecule has 0 saturated heterocycles. The Morgan fingerprint density at radius 3 is 2.80 bits per heavy atom. The van der Waals surface area contributed by atoms with Gasteiger partial charge in [-0.05, 0) is 53.2 Å². The molecule has 0 aliphatic carbocycles. The molecule has 0 unspecified atom stereocenters. The van der Waals surface area contributed by atoms with Crippen LogP contribution in [0.25, 0.3) is 0 Å². The number of nitrogens with one attached hydrogen (secondary N) is 1. The van der Waals surface area contributed by atoms with Crippen LogP contribution in [0.3, 0.4) is 0 Å². The molecule has 0 aliphatic heterocycles. The number of nitrogens with zero attached hydrogens (tertiary/aromatic N) is 2. The third-order valence-electron chi connectivity index (χ3n) is 3.18. The van der Waals surface area contributed by atoms with E-state index in [4.69, 9.17) is 0 Å². The summed E-state index contributed by atoms with van der Waals surface area (Å²) in [4.78, 5) is 6.71. The number of halogens is 1. The Morgan fingerprint density at radius 1 is 1.30 bits per heavy atom. The van der Waals surface area contributed by atoms with Crippen LogP contribution in [0.4, 0.5) is 11.5 Å². The standard InChI is InChI=1S/C16H20BrN3/c1-4-18-10-13-9-14(17)11-19-16(13)20(3)15-7-5-6-12(2)8-15/h5-9,11,18H,4,10H2,1-3H3. The minimum absolute atomic E-state index is 0.814. The second kappa shape index (κ2) is 6.86. The third-order valence-corrected chi connectivity index (χ3v) is 3.62. The molecule has 0 bridgehead atoms. The van der Waals surface area contributed by atoms with Gasteiger partial charge in [0.15, 0.2) is 0 Å². The second-order valence-electron chi connectivity index (χ2n) is 4.81. The van der Waals surface area contributed by atoms with Crippen LogP contribution in [0.15, 0.2) is 41.0 Å². The molecule has 1 aromatic carbocycles. The van der Waals surface area contributed by atoms with Crippen LogP contribution in [0.5, 0.6) is 0 Å². The lowest BCUT2D eigenvalue weighted by atomic mass is 10.2. The first-order chi connectivity index (χ1) is 9.61. The normalized spacial score (nSPS) is 10.6. The summed E-state index contributed by atoms with van der Waals surface area (Å²) in [6, 6.07) is 10.6. The summed E-state index contributed by atoms with van der Waals surface area (Å²) in [5.41, 5.74) is 3.59. The number of pyridine rings is 1. The van der Waals surface area contributed by atoms with Gasteiger partial charge in [-0.15, -0.1) is 0 Å². The monoisotopic (exact) mass is 333 g/mol. The lowest BCUT2D eigenvalue weighted by Gasteiger charge is -2.22. The molecule has 1 N–H and O–H groups in total. The Balaban J connectivity index is 2.35. The zero-order valence-electron chi connectivity index (χ0n) is 12.2. The predicted octanol–water partition coefficient (Wildman–Crippen LogP) is 4.03. The highest BCUT2D eigenvalue weighted by molar-refractivity contribution is 9.10. The Morgan fingerprint density at radius 2 is 2.10 bits per heavy atom. The Bertz CT molecular complexity index is 584. The summed E-state index contributed by atoms with van der Waals surface area (Å²) in [6.45, 7) is 5.97. The zero-order chi connectivity index (χ0) is 14.5. The molecule has 0 fully saturated rings. The molecular formula is C16H20BrN3. The first kappa shape index (κ1) is 15.0. The highest BCUT2D eigenvalue weighted by Gasteiger charge is 2.11. The maximum atomic E-state index is 4.58. The Kier molecular flexibility index (Phi) is 5.15. The topological polar surface area (TPSA) is 28.2 Å². The molecule has 3 nitrogen and oxygen atoms in total. The number of rotatable bonds is 5. The van der Waals surface area contributed by atoms with E-state index in [1.165, 1.54) is 11.1 Å². The van der Waals surface area contributed by atoms with Crippen molar-refractivity contribution in [1.82, 2.24) is 10.3 Å². The van der Waals surface area contributed by atoms with Crippen molar-refractivity contribution >= 4 is 27.4 Å². The van der Waals surface area contributed by atoms with Crippen molar-refractivity contribution in [1.29, 1.82) is 0 Å². The average molecular weight is 334 g/mol. The number of aryl methyl sites for hydroxylation is 1. The van der Waals surface area contributed by atoms with E-state index in [9.17, 15) is 0 Å². The smallest absolute Gasteiger partial charge is 0.137 e. The van der Waals surface area contributed by atoms with Gasteiger partial charge in [-0.25, -0.2) is 4.98 Å². The van der Waals surface area contributed by atoms with Crippen LogP contribution < -0.4 is 10.2 Å². The van der Waals surface area contributed by atoms with Crippen LogP contribution in [-0.2, 0) is 6.54 Å². The van der Waals surface area contributed by atoms with E-state index in [1.54, 1.807) is 0 Å². The predicted molar refractivity (Wildman–Crippen MR) is 88.6 cm³/mol. The number of hydrogen-bond donors (Lipinski definition) is 1. The summed E-state index contributed by atoms with van der Waals surface area (Å²) >= 11 is 3.50. The van der Waals surface area contributed by atoms with Gasteiger partial charge >= 0.3 is 0 Å². The van der Waals surface area contributed by atoms with Crippen LogP contribution in [-0.4, -0.2) is 18.6 Å². The molecule has 1 aromatic heterocycles. The summed E-state index contributed by atoms with van der Waals surface area (Å²) in [7, 11) is 2.06. The number of benzene rings is 1. The van der Waals surface area contributed by atoms with E-state index in [1.807, 2.05) is 6.20 Å². The molecule has 2 rings (SSSR count). The Labute approximate surface area is 129 Å². The molecule has 0 spiro atoms. The van der Waals surface area contributed by atoms with E-state index in [-0.39, 0.29) is 0 Å². The Hall–Kier alpha value is -1.39. The molecule has 0 radical (unpaired) electrons. The molecule has 0 aliphatic rings. The first-order valence-corrected chi connectivity index (χ1v) is 7.56. The molecular weight excluding hydrogens is 314 g/mol. The SMILES string of the molecule is CCNCc1cc(Br)cnc1N(C)c1cccc(C)c1.